The van der Waals surface area contributed by atoms with Gasteiger partial charge in [0.25, 0.3) is 5.91 Å². The lowest BCUT2D eigenvalue weighted by Crippen LogP contribution is -2.42. The molecule has 0 atom stereocenters. The number of rotatable bonds is 7. The zero-order chi connectivity index (χ0) is 21.8. The molecule has 1 aliphatic rings. The largest absolute Gasteiger partial charge is 0.492 e. The Hall–Kier alpha value is -2.28. The highest BCUT2D eigenvalue weighted by molar-refractivity contribution is 6.31. The maximum absolute atomic E-state index is 13.4. The summed E-state index contributed by atoms with van der Waals surface area (Å²) in [6, 6.07) is 11.9. The number of hydrogen-bond acceptors (Lipinski definition) is 4. The van der Waals surface area contributed by atoms with Gasteiger partial charge in [-0.1, -0.05) is 23.2 Å². The maximum atomic E-state index is 13.4. The molecule has 0 unspecified atom stereocenters. The summed E-state index contributed by atoms with van der Waals surface area (Å²) in [6.07, 6.45) is 3.68. The zero-order valence-electron chi connectivity index (χ0n) is 16.8. The molecule has 1 aliphatic carbocycles. The molecular weight excluding hydrogens is 442 g/mol. The number of benzene rings is 2. The molecule has 0 aliphatic heterocycles. The van der Waals surface area contributed by atoms with E-state index in [4.69, 9.17) is 32.4 Å². The third kappa shape index (κ3) is 5.70. The van der Waals surface area contributed by atoms with E-state index in [-0.39, 0.29) is 17.0 Å². The molecule has 1 heterocycles. The van der Waals surface area contributed by atoms with E-state index in [1.54, 1.807) is 30.3 Å². The summed E-state index contributed by atoms with van der Waals surface area (Å²) in [6.45, 7) is 1.10. The van der Waals surface area contributed by atoms with E-state index in [1.807, 2.05) is 0 Å². The van der Waals surface area contributed by atoms with Gasteiger partial charge in [0, 0.05) is 35.1 Å². The fourth-order valence-electron chi connectivity index (χ4n) is 3.82. The first-order valence-corrected chi connectivity index (χ1v) is 11.0. The lowest BCUT2D eigenvalue weighted by Gasteiger charge is -2.29. The van der Waals surface area contributed by atoms with Crippen LogP contribution in [-0.4, -0.2) is 31.1 Å². The number of fused-ring (bicyclic) bond motifs is 1. The predicted molar refractivity (Wildman–Crippen MR) is 120 cm³/mol. The van der Waals surface area contributed by atoms with E-state index in [9.17, 15) is 9.18 Å². The second-order valence-electron chi connectivity index (χ2n) is 7.69. The van der Waals surface area contributed by atoms with Crippen LogP contribution in [0.2, 0.25) is 10.0 Å². The van der Waals surface area contributed by atoms with Gasteiger partial charge in [0.2, 0.25) is 0 Å². The van der Waals surface area contributed by atoms with Crippen molar-refractivity contribution in [3.8, 4) is 5.75 Å². The molecule has 8 heteroatoms. The molecule has 2 N–H and O–H groups in total. The standard InChI is InChI=1S/C23H23Cl2FN2O3/c24-15-1-8-21-14(11-15)12-22(31-21)23(29)28-17-4-2-16(3-5-17)27-9-10-30-18-6-7-19(25)20(26)13-18/h1,6-8,11-13,16-17,27H,2-5,9-10H2,(H,28,29). The van der Waals surface area contributed by atoms with Gasteiger partial charge in [-0.3, -0.25) is 4.79 Å². The van der Waals surface area contributed by atoms with Crippen LogP contribution in [-0.2, 0) is 0 Å². The average molecular weight is 465 g/mol. The second-order valence-corrected chi connectivity index (χ2v) is 8.54. The Morgan fingerprint density at radius 3 is 2.61 bits per heavy atom. The SMILES string of the molecule is O=C(NC1CCC(NCCOc2ccc(Cl)c(F)c2)CC1)c1cc2cc(Cl)ccc2o1. The van der Waals surface area contributed by atoms with E-state index in [0.29, 0.717) is 41.3 Å². The highest BCUT2D eigenvalue weighted by Crippen LogP contribution is 2.24. The summed E-state index contributed by atoms with van der Waals surface area (Å²) in [5.74, 6) is 0.0718. The van der Waals surface area contributed by atoms with Crippen LogP contribution in [0.25, 0.3) is 11.0 Å². The van der Waals surface area contributed by atoms with Crippen LogP contribution < -0.4 is 15.4 Å². The first-order chi connectivity index (χ1) is 15.0. The lowest BCUT2D eigenvalue weighted by atomic mass is 9.91. The van der Waals surface area contributed by atoms with Crippen LogP contribution in [0.15, 0.2) is 46.9 Å². The summed E-state index contributed by atoms with van der Waals surface area (Å²) in [5, 5.41) is 8.03. The van der Waals surface area contributed by atoms with Gasteiger partial charge < -0.3 is 19.8 Å². The molecular formula is C23H23Cl2FN2O3. The van der Waals surface area contributed by atoms with Crippen molar-refractivity contribution in [1.82, 2.24) is 10.6 Å². The monoisotopic (exact) mass is 464 g/mol. The van der Waals surface area contributed by atoms with Crippen LogP contribution in [0.5, 0.6) is 5.75 Å². The quantitative estimate of drug-likeness (QED) is 0.447. The minimum atomic E-state index is -0.487. The van der Waals surface area contributed by atoms with Crippen molar-refractivity contribution < 1.29 is 18.3 Å². The van der Waals surface area contributed by atoms with Crippen LogP contribution in [0.4, 0.5) is 4.39 Å². The molecule has 31 heavy (non-hydrogen) atoms. The van der Waals surface area contributed by atoms with Gasteiger partial charge in [0.15, 0.2) is 5.76 Å². The van der Waals surface area contributed by atoms with Gasteiger partial charge in [-0.25, -0.2) is 4.39 Å². The smallest absolute Gasteiger partial charge is 0.287 e. The third-order valence-corrected chi connectivity index (χ3v) is 6.00. The number of ether oxygens (including phenoxy) is 1. The topological polar surface area (TPSA) is 63.5 Å². The fourth-order valence-corrected chi connectivity index (χ4v) is 4.12. The number of halogens is 3. The van der Waals surface area contributed by atoms with Crippen molar-refractivity contribution >= 4 is 40.1 Å². The minimum absolute atomic E-state index is 0.0824. The number of nitrogens with one attached hydrogen (secondary N) is 2. The Kier molecular flexibility index (Phi) is 7.00. The molecule has 1 aromatic heterocycles. The van der Waals surface area contributed by atoms with Gasteiger partial charge in [0.1, 0.15) is 23.8 Å². The highest BCUT2D eigenvalue weighted by Gasteiger charge is 2.23. The van der Waals surface area contributed by atoms with Crippen molar-refractivity contribution in [2.75, 3.05) is 13.2 Å². The van der Waals surface area contributed by atoms with E-state index in [0.717, 1.165) is 31.1 Å². The lowest BCUT2D eigenvalue weighted by molar-refractivity contribution is 0.0898. The van der Waals surface area contributed by atoms with Gasteiger partial charge in [-0.15, -0.1) is 0 Å². The van der Waals surface area contributed by atoms with Crippen LogP contribution in [0, 0.1) is 5.82 Å². The molecule has 3 aromatic rings. The Bertz CT molecular complexity index is 1060. The molecule has 1 amide bonds. The summed E-state index contributed by atoms with van der Waals surface area (Å²) < 4.78 is 24.6. The van der Waals surface area contributed by atoms with Crippen LogP contribution in [0.1, 0.15) is 36.2 Å². The van der Waals surface area contributed by atoms with Crippen molar-refractivity contribution in [1.29, 1.82) is 0 Å². The Labute approximate surface area is 189 Å². The maximum Gasteiger partial charge on any atom is 0.287 e. The molecule has 2 aromatic carbocycles. The van der Waals surface area contributed by atoms with Gasteiger partial charge >= 0.3 is 0 Å². The van der Waals surface area contributed by atoms with E-state index < -0.39 is 5.82 Å². The molecule has 1 saturated carbocycles. The summed E-state index contributed by atoms with van der Waals surface area (Å²) in [7, 11) is 0. The number of furan rings is 1. The summed E-state index contributed by atoms with van der Waals surface area (Å²) >= 11 is 11.7. The molecule has 0 spiro atoms. The zero-order valence-corrected chi connectivity index (χ0v) is 18.3. The molecule has 0 radical (unpaired) electrons. The molecule has 164 valence electrons. The number of carbonyl (C=O) groups is 1. The van der Waals surface area contributed by atoms with Crippen molar-refractivity contribution in [3.05, 3.63) is 64.1 Å². The number of amides is 1. The van der Waals surface area contributed by atoms with E-state index in [2.05, 4.69) is 10.6 Å². The molecule has 5 nitrogen and oxygen atoms in total. The predicted octanol–water partition coefficient (Wildman–Crippen LogP) is 5.59. The summed E-state index contributed by atoms with van der Waals surface area (Å²) in [5.41, 5.74) is 0.644. The first-order valence-electron chi connectivity index (χ1n) is 10.3. The Balaban J connectivity index is 1.18. The number of carbonyl (C=O) groups excluding carboxylic acids is 1. The Morgan fingerprint density at radius 1 is 1.06 bits per heavy atom. The van der Waals surface area contributed by atoms with Gasteiger partial charge in [-0.2, -0.15) is 0 Å². The normalized spacial score (nSPS) is 18.8. The van der Waals surface area contributed by atoms with Gasteiger partial charge in [0.05, 0.1) is 5.02 Å². The molecule has 1 fully saturated rings. The first kappa shape index (κ1) is 21.9. The molecule has 0 bridgehead atoms. The summed E-state index contributed by atoms with van der Waals surface area (Å²) in [4.78, 5) is 12.5. The molecule has 4 rings (SSSR count). The second kappa shape index (κ2) is 9.90. The van der Waals surface area contributed by atoms with Crippen molar-refractivity contribution in [2.45, 2.75) is 37.8 Å². The van der Waals surface area contributed by atoms with Crippen LogP contribution >= 0.6 is 23.2 Å². The fraction of sp³-hybridized carbons (Fsp3) is 0.348. The average Bonchev–Trinajstić information content (AvgIpc) is 3.18. The molecule has 0 saturated heterocycles. The third-order valence-electron chi connectivity index (χ3n) is 5.46. The van der Waals surface area contributed by atoms with Gasteiger partial charge in [-0.05, 0) is 62.1 Å². The van der Waals surface area contributed by atoms with Crippen molar-refractivity contribution in [2.24, 2.45) is 0 Å². The van der Waals surface area contributed by atoms with E-state index in [1.165, 1.54) is 12.1 Å². The highest BCUT2D eigenvalue weighted by atomic mass is 35.5. The van der Waals surface area contributed by atoms with E-state index >= 15 is 0 Å². The number of hydrogen-bond donors (Lipinski definition) is 2. The van der Waals surface area contributed by atoms with Crippen LogP contribution in [0.3, 0.4) is 0 Å². The van der Waals surface area contributed by atoms with Crippen molar-refractivity contribution in [3.63, 3.8) is 0 Å². The minimum Gasteiger partial charge on any atom is -0.492 e. The Morgan fingerprint density at radius 2 is 1.84 bits per heavy atom.